The van der Waals surface area contributed by atoms with E-state index >= 15 is 0 Å². The van der Waals surface area contributed by atoms with Crippen molar-refractivity contribution in [3.8, 4) is 5.75 Å². The van der Waals surface area contributed by atoms with Gasteiger partial charge in [-0.3, -0.25) is 9.59 Å². The van der Waals surface area contributed by atoms with Crippen LogP contribution in [0, 0.1) is 0 Å². The molecule has 0 saturated heterocycles. The number of unbranched alkanes of at least 4 members (excludes halogenated alkanes) is 6. The van der Waals surface area contributed by atoms with E-state index in [9.17, 15) is 14.4 Å². The quantitative estimate of drug-likeness (QED) is 0.209. The highest BCUT2D eigenvalue weighted by Crippen LogP contribution is 2.24. The van der Waals surface area contributed by atoms with Crippen LogP contribution in [0.3, 0.4) is 0 Å². The number of carbonyl (C=O) groups excluding carboxylic acids is 2. The second-order valence-electron chi connectivity index (χ2n) is 9.06. The number of hydrogen-bond acceptors (Lipinski definition) is 6. The van der Waals surface area contributed by atoms with E-state index in [1.54, 1.807) is 56.3 Å². The standard InChI is InChI=1S/C29H35NO6/c1-4-5-6-7-8-9-10-18-34-22-16-14-21(15-17-22)28(32)30-24-13-11-12-23-25(31)19-26(36-27(23)24)29(33)35-20(2)3/h11-17,19-20H,4-10,18H2,1-3H3,(H,30,32). The molecule has 1 amide bonds. The highest BCUT2D eigenvalue weighted by atomic mass is 16.6. The molecule has 1 aromatic heterocycles. The fraction of sp³-hybridized carbons (Fsp3) is 0.414. The molecule has 0 radical (unpaired) electrons. The summed E-state index contributed by atoms with van der Waals surface area (Å²) in [5, 5.41) is 3.02. The van der Waals surface area contributed by atoms with Crippen molar-refractivity contribution < 1.29 is 23.5 Å². The lowest BCUT2D eigenvalue weighted by atomic mass is 10.1. The molecule has 7 heteroatoms. The monoisotopic (exact) mass is 493 g/mol. The number of fused-ring (bicyclic) bond motifs is 1. The van der Waals surface area contributed by atoms with Gasteiger partial charge in [0.1, 0.15) is 5.75 Å². The number of benzene rings is 2. The normalized spacial score (nSPS) is 11.0. The number of ether oxygens (including phenoxy) is 2. The smallest absolute Gasteiger partial charge is 0.374 e. The van der Waals surface area contributed by atoms with Gasteiger partial charge in [0.25, 0.3) is 5.91 Å². The Hall–Kier alpha value is -3.61. The lowest BCUT2D eigenvalue weighted by Gasteiger charge is -2.11. The first kappa shape index (κ1) is 27.0. The maximum atomic E-state index is 12.9. The van der Waals surface area contributed by atoms with E-state index in [1.807, 2.05) is 0 Å². The summed E-state index contributed by atoms with van der Waals surface area (Å²) in [6.45, 7) is 6.27. The van der Waals surface area contributed by atoms with E-state index in [0.717, 1.165) is 18.9 Å². The average Bonchev–Trinajstić information content (AvgIpc) is 2.86. The van der Waals surface area contributed by atoms with Crippen molar-refractivity contribution in [2.24, 2.45) is 0 Å². The minimum atomic E-state index is -0.739. The Balaban J connectivity index is 1.62. The summed E-state index contributed by atoms with van der Waals surface area (Å²) < 4.78 is 16.6. The third kappa shape index (κ3) is 7.70. The molecule has 1 heterocycles. The Kier molecular flexibility index (Phi) is 10.1. The van der Waals surface area contributed by atoms with Crippen molar-refractivity contribution in [3.63, 3.8) is 0 Å². The highest BCUT2D eigenvalue weighted by molar-refractivity contribution is 6.08. The van der Waals surface area contributed by atoms with Crippen molar-refractivity contribution >= 4 is 28.5 Å². The molecule has 0 saturated carbocycles. The van der Waals surface area contributed by atoms with Gasteiger partial charge in [0.2, 0.25) is 5.76 Å². The Labute approximate surface area is 211 Å². The molecule has 3 rings (SSSR count). The van der Waals surface area contributed by atoms with Crippen molar-refractivity contribution in [2.45, 2.75) is 71.8 Å². The SMILES string of the molecule is CCCCCCCCCOc1ccc(C(=O)Nc2cccc3c(=O)cc(C(=O)OC(C)C)oc23)cc1. The second-order valence-corrected chi connectivity index (χ2v) is 9.06. The summed E-state index contributed by atoms with van der Waals surface area (Å²) in [6, 6.07) is 12.8. The van der Waals surface area contributed by atoms with E-state index < -0.39 is 11.4 Å². The Morgan fingerprint density at radius 2 is 1.64 bits per heavy atom. The number of nitrogens with one attached hydrogen (secondary N) is 1. The molecule has 0 fully saturated rings. The minimum Gasteiger partial charge on any atom is -0.494 e. The van der Waals surface area contributed by atoms with Gasteiger partial charge in [0.05, 0.1) is 23.8 Å². The zero-order valence-electron chi connectivity index (χ0n) is 21.3. The van der Waals surface area contributed by atoms with Crippen LogP contribution in [0.4, 0.5) is 5.69 Å². The molecular weight excluding hydrogens is 458 g/mol. The topological polar surface area (TPSA) is 94.8 Å². The van der Waals surface area contributed by atoms with Gasteiger partial charge in [-0.1, -0.05) is 51.5 Å². The Morgan fingerprint density at radius 1 is 0.944 bits per heavy atom. The number of carbonyl (C=O) groups is 2. The molecule has 0 bridgehead atoms. The summed E-state index contributed by atoms with van der Waals surface area (Å²) in [6.07, 6.45) is 8.17. The van der Waals surface area contributed by atoms with Crippen LogP contribution in [0.2, 0.25) is 0 Å². The molecule has 0 aliphatic rings. The van der Waals surface area contributed by atoms with Gasteiger partial charge in [-0.2, -0.15) is 0 Å². The van der Waals surface area contributed by atoms with Crippen LogP contribution in [-0.2, 0) is 4.74 Å². The molecule has 2 aromatic carbocycles. The highest BCUT2D eigenvalue weighted by Gasteiger charge is 2.18. The summed E-state index contributed by atoms with van der Waals surface area (Å²) >= 11 is 0. The molecule has 0 atom stereocenters. The van der Waals surface area contributed by atoms with E-state index in [1.165, 1.54) is 32.1 Å². The van der Waals surface area contributed by atoms with Gasteiger partial charge in [-0.25, -0.2) is 4.79 Å². The molecule has 3 aromatic rings. The van der Waals surface area contributed by atoms with Crippen molar-refractivity contribution in [1.29, 1.82) is 0 Å². The zero-order valence-corrected chi connectivity index (χ0v) is 21.3. The van der Waals surface area contributed by atoms with Crippen LogP contribution in [0.15, 0.2) is 57.7 Å². The van der Waals surface area contributed by atoms with Gasteiger partial charge in [0, 0.05) is 11.6 Å². The van der Waals surface area contributed by atoms with Crippen molar-refractivity contribution in [2.75, 3.05) is 11.9 Å². The largest absolute Gasteiger partial charge is 0.494 e. The van der Waals surface area contributed by atoms with E-state index in [-0.39, 0.29) is 34.4 Å². The molecule has 36 heavy (non-hydrogen) atoms. The molecule has 7 nitrogen and oxygen atoms in total. The van der Waals surface area contributed by atoms with Gasteiger partial charge >= 0.3 is 5.97 Å². The molecule has 0 spiro atoms. The van der Waals surface area contributed by atoms with E-state index in [0.29, 0.717) is 17.9 Å². The first-order chi connectivity index (χ1) is 17.4. The van der Waals surface area contributed by atoms with Crippen molar-refractivity contribution in [1.82, 2.24) is 0 Å². The first-order valence-corrected chi connectivity index (χ1v) is 12.7. The van der Waals surface area contributed by atoms with E-state index in [2.05, 4.69) is 12.2 Å². The van der Waals surface area contributed by atoms with Crippen LogP contribution in [0.1, 0.15) is 86.6 Å². The molecule has 1 N–H and O–H groups in total. The maximum Gasteiger partial charge on any atom is 0.374 e. The number of amides is 1. The van der Waals surface area contributed by atoms with Crippen molar-refractivity contribution in [3.05, 3.63) is 70.1 Å². The third-order valence-corrected chi connectivity index (χ3v) is 5.68. The zero-order chi connectivity index (χ0) is 25.9. The van der Waals surface area contributed by atoms with Gasteiger partial charge in [0.15, 0.2) is 11.0 Å². The number of anilines is 1. The molecule has 0 aliphatic carbocycles. The van der Waals surface area contributed by atoms with Crippen LogP contribution < -0.4 is 15.5 Å². The fourth-order valence-corrected chi connectivity index (χ4v) is 3.79. The maximum absolute atomic E-state index is 12.9. The Morgan fingerprint density at radius 3 is 2.33 bits per heavy atom. The molecule has 0 unspecified atom stereocenters. The molecule has 192 valence electrons. The van der Waals surface area contributed by atoms with Crippen LogP contribution in [0.25, 0.3) is 11.0 Å². The second kappa shape index (κ2) is 13.5. The summed E-state index contributed by atoms with van der Waals surface area (Å²) in [5.41, 5.74) is 0.426. The van der Waals surface area contributed by atoms with Crippen LogP contribution in [0.5, 0.6) is 5.75 Å². The van der Waals surface area contributed by atoms with Gasteiger partial charge in [-0.15, -0.1) is 0 Å². The van der Waals surface area contributed by atoms with Crippen LogP contribution >= 0.6 is 0 Å². The number of esters is 1. The fourth-order valence-electron chi connectivity index (χ4n) is 3.79. The number of para-hydroxylation sites is 1. The lowest BCUT2D eigenvalue weighted by molar-refractivity contribution is 0.0342. The van der Waals surface area contributed by atoms with Gasteiger partial charge < -0.3 is 19.2 Å². The lowest BCUT2D eigenvalue weighted by Crippen LogP contribution is -2.16. The average molecular weight is 494 g/mol. The summed E-state index contributed by atoms with van der Waals surface area (Å²) in [7, 11) is 0. The summed E-state index contributed by atoms with van der Waals surface area (Å²) in [5.74, 6) is -0.622. The number of rotatable bonds is 13. The van der Waals surface area contributed by atoms with Gasteiger partial charge in [-0.05, 0) is 56.7 Å². The molecule has 0 aliphatic heterocycles. The van der Waals surface area contributed by atoms with E-state index in [4.69, 9.17) is 13.9 Å². The predicted molar refractivity (Wildman–Crippen MR) is 141 cm³/mol. The minimum absolute atomic E-state index is 0.115. The third-order valence-electron chi connectivity index (χ3n) is 5.68. The van der Waals surface area contributed by atoms with Crippen LogP contribution in [-0.4, -0.2) is 24.6 Å². The molecular formula is C29H35NO6. The number of hydrogen-bond donors (Lipinski definition) is 1. The summed E-state index contributed by atoms with van der Waals surface area (Å²) in [4.78, 5) is 37.6. The first-order valence-electron chi connectivity index (χ1n) is 12.7. The predicted octanol–water partition coefficient (Wildman–Crippen LogP) is 6.74. The Bertz CT molecular complexity index is 1210.